The zero-order valence-electron chi connectivity index (χ0n) is 24.9. The summed E-state index contributed by atoms with van der Waals surface area (Å²) in [7, 11) is 0. The molecule has 3 fully saturated rings. The topological polar surface area (TPSA) is 75.8 Å². The van der Waals surface area contributed by atoms with Crippen LogP contribution in [0.1, 0.15) is 93.4 Å². The van der Waals surface area contributed by atoms with Crippen LogP contribution < -0.4 is 0 Å². The van der Waals surface area contributed by atoms with Gasteiger partial charge in [-0.25, -0.2) is 0 Å². The summed E-state index contributed by atoms with van der Waals surface area (Å²) in [6.45, 7) is 16.7. The van der Waals surface area contributed by atoms with Crippen LogP contribution in [0.4, 0.5) is 0 Å². The molecule has 3 saturated carbocycles. The van der Waals surface area contributed by atoms with Crippen LogP contribution in [0.2, 0.25) is 0 Å². The van der Waals surface area contributed by atoms with E-state index in [1.165, 1.54) is 12.0 Å². The maximum Gasteiger partial charge on any atom is 0.178 e. The van der Waals surface area contributed by atoms with Crippen molar-refractivity contribution in [2.45, 2.75) is 100.0 Å². The minimum Gasteiger partial charge on any atom is -0.295 e. The first-order chi connectivity index (χ1) is 18.1. The molecule has 7 atom stereocenters. The third-order valence-electron chi connectivity index (χ3n) is 13.1. The van der Waals surface area contributed by atoms with Crippen LogP contribution in [0.5, 0.6) is 0 Å². The van der Waals surface area contributed by atoms with E-state index in [1.54, 1.807) is 0 Å². The predicted molar refractivity (Wildman–Crippen MR) is 151 cm³/mol. The van der Waals surface area contributed by atoms with Crippen LogP contribution in [-0.2, 0) is 16.1 Å². The van der Waals surface area contributed by atoms with E-state index in [0.717, 1.165) is 45.1 Å². The Morgan fingerprint density at radius 3 is 2.41 bits per heavy atom. The van der Waals surface area contributed by atoms with Gasteiger partial charge in [0, 0.05) is 35.7 Å². The van der Waals surface area contributed by atoms with Crippen molar-refractivity contribution in [3.63, 3.8) is 0 Å². The number of carbonyl (C=O) groups excluding carboxylic acids is 2. The van der Waals surface area contributed by atoms with Crippen molar-refractivity contribution in [3.05, 3.63) is 41.8 Å². The van der Waals surface area contributed by atoms with Gasteiger partial charge in [-0.1, -0.05) is 60.1 Å². The Hall–Kier alpha value is -2.48. The molecule has 0 bridgehead atoms. The van der Waals surface area contributed by atoms with E-state index in [4.69, 9.17) is 0 Å². The maximum absolute atomic E-state index is 14.6. The standard InChI is InChI=1S/C34H45N3O2/c1-29(2)11-13-34(21-37-16-8-15-36-37)14-12-33(7)27(23(34)19-29)24(38)17-26-31(5)18-22(20-35)28(39)30(3,4)25(31)9-10-32(26,33)6/h8,15-18,23,25,27H,9-14,19,21H2,1-7H3/t23?,25?,27-,31-,32+,33+,34+/m0/s1. The molecule has 0 N–H and O–H groups in total. The highest BCUT2D eigenvalue weighted by Gasteiger charge is 2.69. The molecule has 1 aromatic rings. The van der Waals surface area contributed by atoms with Crippen LogP contribution in [0.25, 0.3) is 0 Å². The molecule has 208 valence electrons. The zero-order chi connectivity index (χ0) is 28.2. The van der Waals surface area contributed by atoms with Gasteiger partial charge in [-0.05, 0) is 90.6 Å². The van der Waals surface area contributed by atoms with Crippen LogP contribution >= 0.6 is 0 Å². The van der Waals surface area contributed by atoms with E-state index < -0.39 is 10.8 Å². The average molecular weight is 528 g/mol. The van der Waals surface area contributed by atoms with Gasteiger partial charge in [0.15, 0.2) is 11.6 Å². The molecule has 0 aromatic carbocycles. The number of carbonyl (C=O) groups is 2. The number of hydrogen-bond donors (Lipinski definition) is 0. The third-order valence-corrected chi connectivity index (χ3v) is 13.1. The Morgan fingerprint density at radius 2 is 1.74 bits per heavy atom. The van der Waals surface area contributed by atoms with Crippen molar-refractivity contribution in [2.75, 3.05) is 0 Å². The van der Waals surface area contributed by atoms with E-state index in [1.807, 2.05) is 38.3 Å². The van der Waals surface area contributed by atoms with Crippen molar-refractivity contribution in [1.29, 1.82) is 5.26 Å². The van der Waals surface area contributed by atoms with Crippen LogP contribution in [0.15, 0.2) is 41.8 Å². The molecule has 0 saturated heterocycles. The maximum atomic E-state index is 14.6. The van der Waals surface area contributed by atoms with Gasteiger partial charge in [-0.15, -0.1) is 0 Å². The summed E-state index contributed by atoms with van der Waals surface area (Å²) in [6.07, 6.45) is 15.3. The lowest BCUT2D eigenvalue weighted by molar-refractivity contribution is -0.174. The van der Waals surface area contributed by atoms with Gasteiger partial charge >= 0.3 is 0 Å². The first-order valence-electron chi connectivity index (χ1n) is 15.1. The monoisotopic (exact) mass is 527 g/mol. The number of allylic oxidation sites excluding steroid dienone is 4. The Labute approximate surface area is 234 Å². The lowest BCUT2D eigenvalue weighted by Crippen LogP contribution is -2.65. The molecule has 1 aromatic heterocycles. The molecule has 0 radical (unpaired) electrons. The lowest BCUT2D eigenvalue weighted by atomic mass is 9.34. The van der Waals surface area contributed by atoms with Crippen molar-refractivity contribution >= 4 is 11.6 Å². The smallest absolute Gasteiger partial charge is 0.178 e. The minimum absolute atomic E-state index is 0.0204. The van der Waals surface area contributed by atoms with Crippen LogP contribution in [-0.4, -0.2) is 21.3 Å². The second kappa shape index (κ2) is 8.05. The predicted octanol–water partition coefficient (Wildman–Crippen LogP) is 7.10. The van der Waals surface area contributed by atoms with Crippen molar-refractivity contribution in [1.82, 2.24) is 9.78 Å². The molecule has 6 rings (SSSR count). The number of Topliss-reactive ketones (excluding diaryl/α,β-unsaturated/α-hetero) is 1. The first kappa shape index (κ1) is 26.7. The van der Waals surface area contributed by atoms with Gasteiger partial charge in [0.2, 0.25) is 0 Å². The quantitative estimate of drug-likeness (QED) is 0.411. The van der Waals surface area contributed by atoms with E-state index in [-0.39, 0.29) is 50.6 Å². The van der Waals surface area contributed by atoms with Gasteiger partial charge in [-0.3, -0.25) is 14.3 Å². The number of hydrogen-bond acceptors (Lipinski definition) is 4. The van der Waals surface area contributed by atoms with E-state index in [2.05, 4.69) is 56.7 Å². The second-order valence-electron chi connectivity index (χ2n) is 15.8. The fraction of sp³-hybridized carbons (Fsp3) is 0.706. The number of rotatable bonds is 2. The number of nitrogens with zero attached hydrogens (tertiary/aromatic N) is 3. The van der Waals surface area contributed by atoms with Gasteiger partial charge in [0.05, 0.1) is 5.57 Å². The number of nitriles is 1. The Balaban J connectivity index is 1.50. The van der Waals surface area contributed by atoms with Crippen molar-refractivity contribution in [2.24, 2.45) is 50.2 Å². The summed E-state index contributed by atoms with van der Waals surface area (Å²) in [5.74, 6) is 0.603. The van der Waals surface area contributed by atoms with Gasteiger partial charge in [0.25, 0.3) is 0 Å². The summed E-state index contributed by atoms with van der Waals surface area (Å²) in [5, 5.41) is 14.5. The summed E-state index contributed by atoms with van der Waals surface area (Å²) in [5.41, 5.74) is 0.299. The Morgan fingerprint density at radius 1 is 1.03 bits per heavy atom. The molecule has 5 aliphatic rings. The highest BCUT2D eigenvalue weighted by Crippen LogP contribution is 2.74. The average Bonchev–Trinajstić information content (AvgIpc) is 3.36. The fourth-order valence-corrected chi connectivity index (χ4v) is 10.7. The fourth-order valence-electron chi connectivity index (χ4n) is 10.7. The summed E-state index contributed by atoms with van der Waals surface area (Å²) in [4.78, 5) is 27.9. The molecule has 5 nitrogen and oxygen atoms in total. The number of fused-ring (bicyclic) bond motifs is 7. The van der Waals surface area contributed by atoms with Crippen molar-refractivity contribution < 1.29 is 9.59 Å². The van der Waals surface area contributed by atoms with E-state index in [9.17, 15) is 14.9 Å². The molecule has 5 heteroatoms. The molecule has 0 amide bonds. The van der Waals surface area contributed by atoms with E-state index >= 15 is 0 Å². The number of aromatic nitrogens is 2. The van der Waals surface area contributed by atoms with Crippen molar-refractivity contribution in [3.8, 4) is 6.07 Å². The van der Waals surface area contributed by atoms with Crippen LogP contribution in [0, 0.1) is 61.6 Å². The largest absolute Gasteiger partial charge is 0.295 e. The molecule has 1 heterocycles. The normalized spacial score (nSPS) is 44.1. The lowest BCUT2D eigenvalue weighted by Gasteiger charge is -2.69. The molecular formula is C34H45N3O2. The second-order valence-corrected chi connectivity index (χ2v) is 15.8. The molecule has 0 spiro atoms. The highest BCUT2D eigenvalue weighted by atomic mass is 16.1. The molecule has 39 heavy (non-hydrogen) atoms. The summed E-state index contributed by atoms with van der Waals surface area (Å²) in [6, 6.07) is 4.22. The summed E-state index contributed by atoms with van der Waals surface area (Å²) < 4.78 is 2.10. The third kappa shape index (κ3) is 3.39. The van der Waals surface area contributed by atoms with Gasteiger partial charge in [0.1, 0.15) is 6.07 Å². The van der Waals surface area contributed by atoms with E-state index in [0.29, 0.717) is 5.92 Å². The number of ketones is 2. The summed E-state index contributed by atoms with van der Waals surface area (Å²) >= 11 is 0. The highest BCUT2D eigenvalue weighted by molar-refractivity contribution is 6.04. The molecule has 2 unspecified atom stereocenters. The SMILES string of the molecule is CC1(C)CC[C@]2(Cn3cccn3)CC[C@]3(C)[C@H](C(=O)C=C4[C@@]5(C)C=C(C#N)C(=O)C(C)(C)C5CC[C@]43C)C2C1. The van der Waals surface area contributed by atoms with Gasteiger partial charge in [-0.2, -0.15) is 10.4 Å². The zero-order valence-corrected chi connectivity index (χ0v) is 24.9. The molecule has 5 aliphatic carbocycles. The van der Waals surface area contributed by atoms with Gasteiger partial charge < -0.3 is 0 Å². The minimum atomic E-state index is -0.629. The molecule has 0 aliphatic heterocycles. The Kier molecular flexibility index (Phi) is 5.52. The van der Waals surface area contributed by atoms with Crippen LogP contribution in [0.3, 0.4) is 0 Å². The first-order valence-corrected chi connectivity index (χ1v) is 15.1. The Bertz CT molecular complexity index is 1340. The molecular weight excluding hydrogens is 482 g/mol.